The Kier molecular flexibility index (Phi) is 6.34. The largest absolute Gasteiger partial charge is 0.497 e. The van der Waals surface area contributed by atoms with E-state index in [0.717, 1.165) is 44.4 Å². The Morgan fingerprint density at radius 1 is 1.27 bits per heavy atom. The van der Waals surface area contributed by atoms with Gasteiger partial charge in [-0.25, -0.2) is 4.99 Å². The number of methoxy groups -OCH3 is 1. The van der Waals surface area contributed by atoms with E-state index in [4.69, 9.17) is 14.5 Å². The first-order valence-electron chi connectivity index (χ1n) is 9.33. The van der Waals surface area contributed by atoms with Gasteiger partial charge >= 0.3 is 0 Å². The van der Waals surface area contributed by atoms with Crippen LogP contribution in [0.4, 0.5) is 0 Å². The Morgan fingerprint density at radius 2 is 2.08 bits per heavy atom. The molecule has 3 rings (SSSR count). The van der Waals surface area contributed by atoms with Crippen molar-refractivity contribution in [3.63, 3.8) is 0 Å². The molecular weight excluding hydrogens is 326 g/mol. The van der Waals surface area contributed by atoms with Crippen molar-refractivity contribution in [2.75, 3.05) is 40.5 Å². The van der Waals surface area contributed by atoms with E-state index in [9.17, 15) is 0 Å². The van der Waals surface area contributed by atoms with Crippen molar-refractivity contribution >= 4 is 16.7 Å². The SMILES string of the molecule is CCNC(=NCc1ccc2cc(OC)ccc2c1)N(C)CC1CCOC1. The monoisotopic (exact) mass is 355 g/mol. The summed E-state index contributed by atoms with van der Waals surface area (Å²) in [5.41, 5.74) is 1.20. The van der Waals surface area contributed by atoms with Crippen LogP contribution in [0.25, 0.3) is 10.8 Å². The van der Waals surface area contributed by atoms with E-state index < -0.39 is 0 Å². The first-order valence-corrected chi connectivity index (χ1v) is 9.33. The molecule has 140 valence electrons. The minimum absolute atomic E-state index is 0.597. The van der Waals surface area contributed by atoms with Gasteiger partial charge in [0.25, 0.3) is 0 Å². The van der Waals surface area contributed by atoms with Gasteiger partial charge in [-0.05, 0) is 47.9 Å². The number of hydrogen-bond donors (Lipinski definition) is 1. The van der Waals surface area contributed by atoms with E-state index in [2.05, 4.69) is 54.5 Å². The molecule has 0 saturated carbocycles. The molecule has 0 bridgehead atoms. The smallest absolute Gasteiger partial charge is 0.193 e. The summed E-state index contributed by atoms with van der Waals surface area (Å²) in [6.07, 6.45) is 1.14. The molecule has 1 saturated heterocycles. The summed E-state index contributed by atoms with van der Waals surface area (Å²) >= 11 is 0. The molecule has 26 heavy (non-hydrogen) atoms. The zero-order valence-electron chi connectivity index (χ0n) is 16.0. The zero-order valence-corrected chi connectivity index (χ0v) is 16.0. The predicted octanol–water partition coefficient (Wildman–Crippen LogP) is 3.28. The average Bonchev–Trinajstić information content (AvgIpc) is 3.17. The lowest BCUT2D eigenvalue weighted by Crippen LogP contribution is -2.41. The normalized spacial score (nSPS) is 17.5. The second-order valence-corrected chi connectivity index (χ2v) is 6.83. The molecular formula is C21H29N3O2. The maximum atomic E-state index is 5.49. The second kappa shape index (κ2) is 8.90. The van der Waals surface area contributed by atoms with Crippen LogP contribution in [0.15, 0.2) is 41.4 Å². The van der Waals surface area contributed by atoms with Gasteiger partial charge in [0.15, 0.2) is 5.96 Å². The van der Waals surface area contributed by atoms with Crippen LogP contribution in [0.5, 0.6) is 5.75 Å². The molecule has 0 amide bonds. The van der Waals surface area contributed by atoms with Crippen molar-refractivity contribution in [1.29, 1.82) is 0 Å². The van der Waals surface area contributed by atoms with Crippen molar-refractivity contribution in [2.24, 2.45) is 10.9 Å². The van der Waals surface area contributed by atoms with Gasteiger partial charge in [0.2, 0.25) is 0 Å². The lowest BCUT2D eigenvalue weighted by atomic mass is 10.1. The topological polar surface area (TPSA) is 46.1 Å². The van der Waals surface area contributed by atoms with Gasteiger partial charge in [0, 0.05) is 32.7 Å². The summed E-state index contributed by atoms with van der Waals surface area (Å²) in [5.74, 6) is 2.43. The summed E-state index contributed by atoms with van der Waals surface area (Å²) in [5, 5.41) is 5.79. The highest BCUT2D eigenvalue weighted by Crippen LogP contribution is 2.22. The molecule has 0 aromatic heterocycles. The van der Waals surface area contributed by atoms with E-state index >= 15 is 0 Å². The maximum Gasteiger partial charge on any atom is 0.193 e. The third kappa shape index (κ3) is 4.67. The molecule has 1 aliphatic heterocycles. The Hall–Kier alpha value is -2.27. The predicted molar refractivity (Wildman–Crippen MR) is 107 cm³/mol. The molecule has 1 heterocycles. The Balaban J connectivity index is 1.70. The first-order chi connectivity index (χ1) is 12.7. The summed E-state index contributed by atoms with van der Waals surface area (Å²) in [6.45, 7) is 6.35. The molecule has 0 aliphatic carbocycles. The van der Waals surface area contributed by atoms with Crippen LogP contribution >= 0.6 is 0 Å². The molecule has 5 heteroatoms. The van der Waals surface area contributed by atoms with E-state index in [1.54, 1.807) is 7.11 Å². The van der Waals surface area contributed by atoms with Gasteiger partial charge in [0.1, 0.15) is 5.75 Å². The number of nitrogens with one attached hydrogen (secondary N) is 1. The van der Waals surface area contributed by atoms with Crippen LogP contribution in [-0.4, -0.2) is 51.3 Å². The molecule has 5 nitrogen and oxygen atoms in total. The van der Waals surface area contributed by atoms with Crippen molar-refractivity contribution in [3.8, 4) is 5.75 Å². The fraction of sp³-hybridized carbons (Fsp3) is 0.476. The highest BCUT2D eigenvalue weighted by Gasteiger charge is 2.19. The number of nitrogens with zero attached hydrogens (tertiary/aromatic N) is 2. The summed E-state index contributed by atoms with van der Waals surface area (Å²) in [4.78, 5) is 7.05. The maximum absolute atomic E-state index is 5.49. The summed E-state index contributed by atoms with van der Waals surface area (Å²) in [7, 11) is 3.80. The van der Waals surface area contributed by atoms with Crippen LogP contribution in [-0.2, 0) is 11.3 Å². The molecule has 2 aromatic carbocycles. The second-order valence-electron chi connectivity index (χ2n) is 6.83. The summed E-state index contributed by atoms with van der Waals surface area (Å²) in [6, 6.07) is 12.6. The molecule has 1 N–H and O–H groups in total. The zero-order chi connectivity index (χ0) is 18.4. The molecule has 1 aliphatic rings. The van der Waals surface area contributed by atoms with Crippen LogP contribution in [0.3, 0.4) is 0 Å². The van der Waals surface area contributed by atoms with E-state index in [-0.39, 0.29) is 0 Å². The molecule has 1 fully saturated rings. The van der Waals surface area contributed by atoms with Gasteiger partial charge in [-0.15, -0.1) is 0 Å². The molecule has 0 radical (unpaired) electrons. The van der Waals surface area contributed by atoms with Gasteiger partial charge < -0.3 is 19.7 Å². The number of guanidine groups is 1. The quantitative estimate of drug-likeness (QED) is 0.638. The van der Waals surface area contributed by atoms with Gasteiger partial charge in [-0.1, -0.05) is 18.2 Å². The number of benzene rings is 2. The molecule has 2 aromatic rings. The van der Waals surface area contributed by atoms with Crippen molar-refractivity contribution in [2.45, 2.75) is 19.9 Å². The number of aliphatic imine (C=N–C) groups is 1. The van der Waals surface area contributed by atoms with Gasteiger partial charge in [-0.3, -0.25) is 0 Å². The number of ether oxygens (including phenoxy) is 2. The van der Waals surface area contributed by atoms with Crippen molar-refractivity contribution < 1.29 is 9.47 Å². The summed E-state index contributed by atoms with van der Waals surface area (Å²) < 4.78 is 10.8. The van der Waals surface area contributed by atoms with Crippen LogP contribution in [0, 0.1) is 5.92 Å². The fourth-order valence-electron chi connectivity index (χ4n) is 3.34. The minimum Gasteiger partial charge on any atom is -0.497 e. The molecule has 1 atom stereocenters. The van der Waals surface area contributed by atoms with Gasteiger partial charge in [0.05, 0.1) is 20.3 Å². The van der Waals surface area contributed by atoms with E-state index in [0.29, 0.717) is 12.5 Å². The van der Waals surface area contributed by atoms with Crippen LogP contribution < -0.4 is 10.1 Å². The minimum atomic E-state index is 0.597. The standard InChI is InChI=1S/C21H29N3O2/c1-4-22-21(24(2)14-17-9-10-26-15-17)23-13-16-5-6-19-12-20(25-3)8-7-18(19)11-16/h5-8,11-12,17H,4,9-10,13-15H2,1-3H3,(H,22,23). The number of rotatable bonds is 6. The van der Waals surface area contributed by atoms with Crippen LogP contribution in [0.2, 0.25) is 0 Å². The van der Waals surface area contributed by atoms with E-state index in [1.165, 1.54) is 16.3 Å². The van der Waals surface area contributed by atoms with E-state index in [1.807, 2.05) is 6.07 Å². The number of fused-ring (bicyclic) bond motifs is 1. The van der Waals surface area contributed by atoms with Crippen LogP contribution in [0.1, 0.15) is 18.9 Å². The highest BCUT2D eigenvalue weighted by molar-refractivity contribution is 5.84. The third-order valence-corrected chi connectivity index (χ3v) is 4.78. The molecule has 0 spiro atoms. The Morgan fingerprint density at radius 3 is 2.81 bits per heavy atom. The number of hydrogen-bond acceptors (Lipinski definition) is 3. The average molecular weight is 355 g/mol. The van der Waals surface area contributed by atoms with Crippen molar-refractivity contribution in [3.05, 3.63) is 42.0 Å². The molecule has 1 unspecified atom stereocenters. The lowest BCUT2D eigenvalue weighted by molar-refractivity contribution is 0.181. The fourth-order valence-corrected chi connectivity index (χ4v) is 3.34. The van der Waals surface area contributed by atoms with Crippen molar-refractivity contribution in [1.82, 2.24) is 10.2 Å². The highest BCUT2D eigenvalue weighted by atomic mass is 16.5. The lowest BCUT2D eigenvalue weighted by Gasteiger charge is -2.24. The third-order valence-electron chi connectivity index (χ3n) is 4.78. The Bertz CT molecular complexity index is 754. The Labute approximate surface area is 156 Å². The first kappa shape index (κ1) is 18.5. The van der Waals surface area contributed by atoms with Gasteiger partial charge in [-0.2, -0.15) is 0 Å².